The summed E-state index contributed by atoms with van der Waals surface area (Å²) < 4.78 is 0. The molecule has 1 aromatic carbocycles. The molecule has 1 aromatic rings. The number of anilines is 1. The standard InChI is InChI=1S/C12H18ClNO2/c1-2-14(6-3-7-15)12-5-4-10(9-16)8-11(12)13/h4-5,8,15-16H,2-3,6-7,9H2,1H3. The molecule has 16 heavy (non-hydrogen) atoms. The van der Waals surface area contributed by atoms with Crippen molar-refractivity contribution < 1.29 is 10.2 Å². The first-order valence-corrected chi connectivity index (χ1v) is 5.85. The number of rotatable bonds is 6. The minimum absolute atomic E-state index is 0.00274. The molecule has 0 unspecified atom stereocenters. The van der Waals surface area contributed by atoms with E-state index >= 15 is 0 Å². The normalized spacial score (nSPS) is 10.5. The van der Waals surface area contributed by atoms with Crippen LogP contribution in [0.15, 0.2) is 18.2 Å². The second-order valence-corrected chi connectivity index (χ2v) is 4.01. The van der Waals surface area contributed by atoms with Gasteiger partial charge in [0.05, 0.1) is 17.3 Å². The summed E-state index contributed by atoms with van der Waals surface area (Å²) in [4.78, 5) is 2.11. The molecule has 0 radical (unpaired) electrons. The van der Waals surface area contributed by atoms with E-state index < -0.39 is 0 Å². The highest BCUT2D eigenvalue weighted by Gasteiger charge is 2.08. The molecule has 0 aliphatic heterocycles. The van der Waals surface area contributed by atoms with Gasteiger partial charge in [0.15, 0.2) is 0 Å². The SMILES string of the molecule is CCN(CCCO)c1ccc(CO)cc1Cl. The fourth-order valence-electron chi connectivity index (χ4n) is 1.62. The molecule has 3 nitrogen and oxygen atoms in total. The average molecular weight is 244 g/mol. The predicted octanol–water partition coefficient (Wildman–Crippen LogP) is 2.04. The minimum Gasteiger partial charge on any atom is -0.396 e. The molecule has 0 heterocycles. The zero-order valence-electron chi connectivity index (χ0n) is 9.49. The summed E-state index contributed by atoms with van der Waals surface area (Å²) in [7, 11) is 0. The van der Waals surface area contributed by atoms with Crippen LogP contribution in [0.25, 0.3) is 0 Å². The molecular formula is C12H18ClNO2. The Morgan fingerprint density at radius 1 is 1.31 bits per heavy atom. The van der Waals surface area contributed by atoms with Crippen LogP contribution in [-0.2, 0) is 6.61 Å². The first-order valence-electron chi connectivity index (χ1n) is 5.48. The molecule has 1 rings (SSSR count). The molecule has 0 bridgehead atoms. The maximum Gasteiger partial charge on any atom is 0.0682 e. The molecule has 0 atom stereocenters. The van der Waals surface area contributed by atoms with Crippen molar-refractivity contribution in [3.63, 3.8) is 0 Å². The lowest BCUT2D eigenvalue weighted by atomic mass is 10.2. The quantitative estimate of drug-likeness (QED) is 0.804. The van der Waals surface area contributed by atoms with Crippen LogP contribution in [0.1, 0.15) is 18.9 Å². The van der Waals surface area contributed by atoms with Gasteiger partial charge in [-0.3, -0.25) is 0 Å². The Morgan fingerprint density at radius 2 is 2.06 bits per heavy atom. The predicted molar refractivity (Wildman–Crippen MR) is 67.0 cm³/mol. The maximum absolute atomic E-state index is 8.98. The van der Waals surface area contributed by atoms with Crippen molar-refractivity contribution in [2.24, 2.45) is 0 Å². The van der Waals surface area contributed by atoms with Gasteiger partial charge in [-0.05, 0) is 31.0 Å². The van der Waals surface area contributed by atoms with Crippen LogP contribution in [0.2, 0.25) is 5.02 Å². The summed E-state index contributed by atoms with van der Waals surface area (Å²) >= 11 is 6.15. The Kier molecular flexibility index (Phi) is 5.60. The van der Waals surface area contributed by atoms with Crippen molar-refractivity contribution in [2.45, 2.75) is 20.0 Å². The fourth-order valence-corrected chi connectivity index (χ4v) is 1.94. The second-order valence-electron chi connectivity index (χ2n) is 3.60. The van der Waals surface area contributed by atoms with Crippen LogP contribution in [0.3, 0.4) is 0 Å². The number of hydrogen-bond acceptors (Lipinski definition) is 3. The molecule has 0 saturated carbocycles. The monoisotopic (exact) mass is 243 g/mol. The third kappa shape index (κ3) is 3.37. The van der Waals surface area contributed by atoms with Crippen molar-refractivity contribution in [3.05, 3.63) is 28.8 Å². The van der Waals surface area contributed by atoms with E-state index in [2.05, 4.69) is 4.90 Å². The third-order valence-electron chi connectivity index (χ3n) is 2.50. The topological polar surface area (TPSA) is 43.7 Å². The molecule has 0 amide bonds. The molecule has 0 spiro atoms. The van der Waals surface area contributed by atoms with Crippen molar-refractivity contribution in [1.29, 1.82) is 0 Å². The Labute approximate surface area is 101 Å². The van der Waals surface area contributed by atoms with E-state index in [0.29, 0.717) is 5.02 Å². The molecule has 0 fully saturated rings. The Hall–Kier alpha value is -0.770. The lowest BCUT2D eigenvalue weighted by molar-refractivity contribution is 0.282. The first kappa shape index (κ1) is 13.3. The molecule has 2 N–H and O–H groups in total. The summed E-state index contributed by atoms with van der Waals surface area (Å²) in [6.07, 6.45) is 0.728. The maximum atomic E-state index is 8.98. The first-order chi connectivity index (χ1) is 7.72. The fraction of sp³-hybridized carbons (Fsp3) is 0.500. The van der Waals surface area contributed by atoms with Crippen molar-refractivity contribution in [2.75, 3.05) is 24.6 Å². The van der Waals surface area contributed by atoms with Crippen LogP contribution in [-0.4, -0.2) is 29.9 Å². The molecule has 0 aromatic heterocycles. The molecule has 90 valence electrons. The number of aliphatic hydroxyl groups excluding tert-OH is 2. The van der Waals surface area contributed by atoms with Gasteiger partial charge in [0.25, 0.3) is 0 Å². The summed E-state index contributed by atoms with van der Waals surface area (Å²) in [6, 6.07) is 5.55. The molecule has 0 aliphatic rings. The zero-order valence-corrected chi connectivity index (χ0v) is 10.2. The summed E-state index contributed by atoms with van der Waals surface area (Å²) in [5.41, 5.74) is 1.77. The highest BCUT2D eigenvalue weighted by Crippen LogP contribution is 2.27. The smallest absolute Gasteiger partial charge is 0.0682 e. The van der Waals surface area contributed by atoms with Crippen molar-refractivity contribution in [1.82, 2.24) is 0 Å². The largest absolute Gasteiger partial charge is 0.396 e. The van der Waals surface area contributed by atoms with E-state index in [1.807, 2.05) is 19.1 Å². The van der Waals surface area contributed by atoms with E-state index in [0.717, 1.165) is 30.8 Å². The van der Waals surface area contributed by atoms with Gasteiger partial charge in [0, 0.05) is 19.7 Å². The highest BCUT2D eigenvalue weighted by atomic mass is 35.5. The van der Waals surface area contributed by atoms with Gasteiger partial charge in [-0.2, -0.15) is 0 Å². The number of hydrogen-bond donors (Lipinski definition) is 2. The van der Waals surface area contributed by atoms with Crippen LogP contribution in [0.4, 0.5) is 5.69 Å². The third-order valence-corrected chi connectivity index (χ3v) is 2.81. The van der Waals surface area contributed by atoms with Gasteiger partial charge in [-0.1, -0.05) is 17.7 Å². The second kappa shape index (κ2) is 6.74. The lowest BCUT2D eigenvalue weighted by Crippen LogP contribution is -2.24. The van der Waals surface area contributed by atoms with E-state index in [-0.39, 0.29) is 13.2 Å². The van der Waals surface area contributed by atoms with Gasteiger partial charge >= 0.3 is 0 Å². The van der Waals surface area contributed by atoms with E-state index in [1.54, 1.807) is 6.07 Å². The lowest BCUT2D eigenvalue weighted by Gasteiger charge is -2.24. The van der Waals surface area contributed by atoms with Crippen LogP contribution < -0.4 is 4.90 Å². The van der Waals surface area contributed by atoms with E-state index in [9.17, 15) is 0 Å². The summed E-state index contributed by atoms with van der Waals surface area (Å²) in [5, 5.41) is 18.4. The molecule has 0 aliphatic carbocycles. The zero-order chi connectivity index (χ0) is 12.0. The van der Waals surface area contributed by atoms with Crippen LogP contribution >= 0.6 is 11.6 Å². The van der Waals surface area contributed by atoms with E-state index in [4.69, 9.17) is 21.8 Å². The molecular weight excluding hydrogens is 226 g/mol. The average Bonchev–Trinajstić information content (AvgIpc) is 2.31. The van der Waals surface area contributed by atoms with Gasteiger partial charge in [-0.15, -0.1) is 0 Å². The van der Waals surface area contributed by atoms with Gasteiger partial charge in [0.2, 0.25) is 0 Å². The highest BCUT2D eigenvalue weighted by molar-refractivity contribution is 6.33. The summed E-state index contributed by atoms with van der Waals surface area (Å²) in [5.74, 6) is 0. The van der Waals surface area contributed by atoms with Crippen LogP contribution in [0.5, 0.6) is 0 Å². The van der Waals surface area contributed by atoms with Gasteiger partial charge in [0.1, 0.15) is 0 Å². The Bertz CT molecular complexity index is 331. The molecule has 0 saturated heterocycles. The number of aliphatic hydroxyl groups is 2. The number of benzene rings is 1. The Balaban J connectivity index is 2.83. The van der Waals surface area contributed by atoms with Crippen LogP contribution in [0, 0.1) is 0 Å². The number of nitrogens with zero attached hydrogens (tertiary/aromatic N) is 1. The minimum atomic E-state index is 0.00274. The van der Waals surface area contributed by atoms with Gasteiger partial charge in [-0.25, -0.2) is 0 Å². The van der Waals surface area contributed by atoms with Gasteiger partial charge < -0.3 is 15.1 Å². The molecule has 4 heteroatoms. The van der Waals surface area contributed by atoms with E-state index in [1.165, 1.54) is 0 Å². The van der Waals surface area contributed by atoms with Crippen molar-refractivity contribution >= 4 is 17.3 Å². The Morgan fingerprint density at radius 3 is 2.56 bits per heavy atom. The summed E-state index contributed by atoms with van der Waals surface area (Å²) in [6.45, 7) is 3.86. The number of halogens is 1. The van der Waals surface area contributed by atoms with Crippen molar-refractivity contribution in [3.8, 4) is 0 Å².